The SMILES string of the molecule is Cc1cccc(CN2C(=O)CC[C@@H]3[C@H]2CCN3Cc2cccs2)n1.O=C(O)C(F)(F)F.O=C(O)C(F)(F)F. The summed E-state index contributed by atoms with van der Waals surface area (Å²) in [6.07, 6.45) is -7.44. The van der Waals surface area contributed by atoms with Gasteiger partial charge in [-0.05, 0) is 43.3 Å². The topological polar surface area (TPSA) is 111 Å². The van der Waals surface area contributed by atoms with Gasteiger partial charge in [0.25, 0.3) is 0 Å². The molecule has 4 heterocycles. The van der Waals surface area contributed by atoms with Crippen LogP contribution >= 0.6 is 11.3 Å². The van der Waals surface area contributed by atoms with Crippen LogP contribution in [0.1, 0.15) is 35.5 Å². The van der Waals surface area contributed by atoms with Crippen molar-refractivity contribution in [2.45, 2.75) is 63.7 Å². The van der Waals surface area contributed by atoms with Crippen molar-refractivity contribution in [2.24, 2.45) is 0 Å². The van der Waals surface area contributed by atoms with E-state index in [1.807, 2.05) is 36.5 Å². The van der Waals surface area contributed by atoms with Crippen LogP contribution in [0.5, 0.6) is 0 Å². The molecule has 2 saturated heterocycles. The second kappa shape index (κ2) is 13.0. The lowest BCUT2D eigenvalue weighted by Crippen LogP contribution is -2.51. The molecule has 2 fully saturated rings. The van der Waals surface area contributed by atoms with Crippen LogP contribution in [0.15, 0.2) is 35.7 Å². The van der Waals surface area contributed by atoms with Crippen molar-refractivity contribution in [1.29, 1.82) is 0 Å². The van der Waals surface area contributed by atoms with Crippen LogP contribution in [-0.4, -0.2) is 73.8 Å². The molecule has 2 aliphatic heterocycles. The van der Waals surface area contributed by atoms with Gasteiger partial charge in [-0.1, -0.05) is 12.1 Å². The quantitative estimate of drug-likeness (QED) is 0.523. The first-order valence-electron chi connectivity index (χ1n) is 11.2. The van der Waals surface area contributed by atoms with E-state index < -0.39 is 24.3 Å². The Morgan fingerprint density at radius 1 is 0.974 bits per heavy atom. The molecular weight excluding hydrogens is 544 g/mol. The maximum Gasteiger partial charge on any atom is 0.490 e. The van der Waals surface area contributed by atoms with Gasteiger partial charge in [-0.25, -0.2) is 9.59 Å². The van der Waals surface area contributed by atoms with E-state index in [9.17, 15) is 31.1 Å². The molecule has 15 heteroatoms. The number of hydrogen-bond acceptors (Lipinski definition) is 6. The van der Waals surface area contributed by atoms with Crippen LogP contribution in [0.3, 0.4) is 0 Å². The molecule has 0 aromatic carbocycles. The number of hydrogen-bond donors (Lipinski definition) is 2. The molecule has 0 unspecified atom stereocenters. The number of alkyl halides is 6. The molecule has 38 heavy (non-hydrogen) atoms. The van der Waals surface area contributed by atoms with Crippen molar-refractivity contribution in [3.8, 4) is 0 Å². The zero-order valence-electron chi connectivity index (χ0n) is 20.0. The van der Waals surface area contributed by atoms with Gasteiger partial charge in [-0.3, -0.25) is 14.7 Å². The van der Waals surface area contributed by atoms with Crippen molar-refractivity contribution in [3.63, 3.8) is 0 Å². The van der Waals surface area contributed by atoms with Crippen molar-refractivity contribution in [2.75, 3.05) is 6.54 Å². The maximum atomic E-state index is 12.5. The van der Waals surface area contributed by atoms with Crippen molar-refractivity contribution < 1.29 is 50.9 Å². The molecule has 0 radical (unpaired) electrons. The molecule has 2 aliphatic rings. The Morgan fingerprint density at radius 3 is 2.08 bits per heavy atom. The first-order chi connectivity index (χ1) is 17.6. The highest BCUT2D eigenvalue weighted by atomic mass is 32.1. The highest BCUT2D eigenvalue weighted by Gasteiger charge is 2.43. The molecule has 0 bridgehead atoms. The van der Waals surface area contributed by atoms with Crippen molar-refractivity contribution >= 4 is 29.2 Å². The number of carbonyl (C=O) groups is 3. The van der Waals surface area contributed by atoms with E-state index in [0.29, 0.717) is 25.0 Å². The van der Waals surface area contributed by atoms with E-state index >= 15 is 0 Å². The standard InChI is InChI=1S/C19H23N3OS.2C2HF3O2/c1-14-4-2-5-15(20-14)12-22-18-9-10-21(13-16-6-3-11-24-16)17(18)7-8-19(22)23;2*3-2(4,5)1(6)7/h2-6,11,17-18H,7-10,12-13H2,1H3;2*(H,6,7)/t17-,18-;;/m1../s1. The number of rotatable bonds is 4. The summed E-state index contributed by atoms with van der Waals surface area (Å²) >= 11 is 1.82. The number of halogens is 6. The van der Waals surface area contributed by atoms with Gasteiger partial charge >= 0.3 is 24.3 Å². The lowest BCUT2D eigenvalue weighted by Gasteiger charge is -2.39. The molecule has 2 aromatic heterocycles. The maximum absolute atomic E-state index is 12.5. The monoisotopic (exact) mass is 569 g/mol. The highest BCUT2D eigenvalue weighted by Crippen LogP contribution is 2.33. The number of pyridine rings is 1. The van der Waals surface area contributed by atoms with Crippen LogP contribution < -0.4 is 0 Å². The fourth-order valence-corrected chi connectivity index (χ4v) is 4.83. The number of aryl methyl sites for hydroxylation is 1. The number of nitrogens with zero attached hydrogens (tertiary/aromatic N) is 3. The predicted molar refractivity (Wildman–Crippen MR) is 123 cm³/mol. The van der Waals surface area contributed by atoms with E-state index in [0.717, 1.165) is 37.3 Å². The second-order valence-electron chi connectivity index (χ2n) is 8.41. The zero-order valence-corrected chi connectivity index (χ0v) is 20.8. The van der Waals surface area contributed by atoms with Crippen molar-refractivity contribution in [3.05, 3.63) is 52.0 Å². The fourth-order valence-electron chi connectivity index (χ4n) is 4.10. The number of carbonyl (C=O) groups excluding carboxylic acids is 1. The normalized spacial score (nSPS) is 19.6. The number of carboxylic acid groups (broad SMARTS) is 2. The summed E-state index contributed by atoms with van der Waals surface area (Å²) in [5.74, 6) is -5.22. The van der Waals surface area contributed by atoms with Gasteiger partial charge < -0.3 is 15.1 Å². The molecule has 0 aliphatic carbocycles. The summed E-state index contributed by atoms with van der Waals surface area (Å²) in [6.45, 7) is 4.75. The molecule has 4 rings (SSSR count). The third-order valence-corrected chi connectivity index (χ3v) is 6.56. The van der Waals surface area contributed by atoms with Gasteiger partial charge in [0.1, 0.15) is 0 Å². The summed E-state index contributed by atoms with van der Waals surface area (Å²) in [6, 6.07) is 11.2. The molecule has 0 spiro atoms. The minimum absolute atomic E-state index is 0.289. The summed E-state index contributed by atoms with van der Waals surface area (Å²) in [4.78, 5) is 41.0. The van der Waals surface area contributed by atoms with Gasteiger partial charge in [-0.15, -0.1) is 11.3 Å². The molecule has 1 amide bonds. The molecule has 210 valence electrons. The van der Waals surface area contributed by atoms with E-state index in [1.165, 1.54) is 4.88 Å². The van der Waals surface area contributed by atoms with Crippen LogP contribution in [0.4, 0.5) is 26.3 Å². The number of aromatic nitrogens is 1. The molecule has 8 nitrogen and oxygen atoms in total. The Labute approximate surface area is 217 Å². The molecule has 2 N–H and O–H groups in total. The lowest BCUT2D eigenvalue weighted by atomic mass is 9.96. The number of fused-ring (bicyclic) bond motifs is 1. The van der Waals surface area contributed by atoms with E-state index in [-0.39, 0.29) is 5.91 Å². The van der Waals surface area contributed by atoms with E-state index in [4.69, 9.17) is 19.8 Å². The number of carboxylic acids is 2. The number of aliphatic carboxylic acids is 2. The third-order valence-electron chi connectivity index (χ3n) is 5.70. The Hall–Kier alpha value is -3.20. The summed E-state index contributed by atoms with van der Waals surface area (Å²) in [5.41, 5.74) is 2.01. The Bertz CT molecular complexity index is 1070. The molecule has 0 saturated carbocycles. The third kappa shape index (κ3) is 9.28. The summed E-state index contributed by atoms with van der Waals surface area (Å²) in [7, 11) is 0. The molecule has 2 atom stereocenters. The van der Waals surface area contributed by atoms with Gasteiger partial charge in [0.05, 0.1) is 12.2 Å². The smallest absolute Gasteiger partial charge is 0.475 e. The fraction of sp³-hybridized carbons (Fsp3) is 0.478. The first kappa shape index (κ1) is 31.0. The first-order valence-corrected chi connectivity index (χ1v) is 12.1. The van der Waals surface area contributed by atoms with Crippen LogP contribution in [-0.2, 0) is 27.5 Å². The van der Waals surface area contributed by atoms with Crippen LogP contribution in [0.2, 0.25) is 0 Å². The minimum Gasteiger partial charge on any atom is -0.475 e. The van der Waals surface area contributed by atoms with Crippen LogP contribution in [0, 0.1) is 6.92 Å². The highest BCUT2D eigenvalue weighted by molar-refractivity contribution is 7.09. The Morgan fingerprint density at radius 2 is 1.58 bits per heavy atom. The number of piperidine rings is 1. The average molecular weight is 570 g/mol. The number of thiophene rings is 1. The van der Waals surface area contributed by atoms with Crippen LogP contribution in [0.25, 0.3) is 0 Å². The van der Waals surface area contributed by atoms with Gasteiger partial charge in [0.15, 0.2) is 0 Å². The van der Waals surface area contributed by atoms with E-state index in [2.05, 4.69) is 32.3 Å². The number of likely N-dealkylation sites (tertiary alicyclic amines) is 2. The average Bonchev–Trinajstić information content (AvgIpc) is 3.46. The Kier molecular flexibility index (Phi) is 10.6. The molecule has 2 aromatic rings. The van der Waals surface area contributed by atoms with Gasteiger partial charge in [0, 0.05) is 42.2 Å². The number of amides is 1. The predicted octanol–water partition coefficient (Wildman–Crippen LogP) is 4.48. The molecular formula is C23H25F6N3O5S. The largest absolute Gasteiger partial charge is 0.490 e. The summed E-state index contributed by atoms with van der Waals surface area (Å²) in [5, 5.41) is 16.4. The van der Waals surface area contributed by atoms with Gasteiger partial charge in [0.2, 0.25) is 5.91 Å². The Balaban J connectivity index is 0.000000301. The van der Waals surface area contributed by atoms with E-state index in [1.54, 1.807) is 0 Å². The second-order valence-corrected chi connectivity index (χ2v) is 9.44. The zero-order chi connectivity index (χ0) is 28.7. The summed E-state index contributed by atoms with van der Waals surface area (Å²) < 4.78 is 63.5. The van der Waals surface area contributed by atoms with Gasteiger partial charge in [-0.2, -0.15) is 26.3 Å². The lowest BCUT2D eigenvalue weighted by molar-refractivity contribution is -0.193. The minimum atomic E-state index is -5.08. The van der Waals surface area contributed by atoms with Crippen molar-refractivity contribution in [1.82, 2.24) is 14.8 Å².